The molecule has 9 heteroatoms. The first kappa shape index (κ1) is 20.7. The number of methoxy groups -OCH3 is 1. The van der Waals surface area contributed by atoms with Crippen LogP contribution in [0, 0.1) is 0 Å². The van der Waals surface area contributed by atoms with Crippen molar-refractivity contribution < 1.29 is 32.2 Å². The predicted octanol–water partition coefficient (Wildman–Crippen LogP) is 4.66. The van der Waals surface area contributed by atoms with Gasteiger partial charge in [0.25, 0.3) is 0 Å². The van der Waals surface area contributed by atoms with Crippen LogP contribution in [-0.2, 0) is 16.1 Å². The first-order chi connectivity index (χ1) is 15.3. The van der Waals surface area contributed by atoms with Gasteiger partial charge in [-0.25, -0.2) is 4.79 Å². The molecule has 0 saturated carbocycles. The number of nitrogens with one attached hydrogen (secondary N) is 1. The van der Waals surface area contributed by atoms with Crippen molar-refractivity contribution in [2.75, 3.05) is 20.2 Å². The summed E-state index contributed by atoms with van der Waals surface area (Å²) in [4.78, 5) is 18.6. The van der Waals surface area contributed by atoms with E-state index in [-0.39, 0.29) is 18.3 Å². The van der Waals surface area contributed by atoms with Gasteiger partial charge in [0, 0.05) is 29.1 Å². The van der Waals surface area contributed by atoms with Gasteiger partial charge in [0.05, 0.1) is 7.11 Å². The minimum atomic E-state index is -4.75. The Morgan fingerprint density at radius 3 is 2.62 bits per heavy atom. The fraction of sp³-hybridized carbons (Fsp3) is 0.348. The minimum Gasteiger partial charge on any atom is -0.497 e. The van der Waals surface area contributed by atoms with Crippen LogP contribution in [0.3, 0.4) is 0 Å². The number of aromatic amines is 1. The molecular weight excluding hydrogens is 425 g/mol. The van der Waals surface area contributed by atoms with Crippen LogP contribution in [-0.4, -0.2) is 42.4 Å². The quantitative estimate of drug-likeness (QED) is 0.578. The molecule has 0 amide bonds. The van der Waals surface area contributed by atoms with Crippen LogP contribution < -0.4 is 9.47 Å². The highest BCUT2D eigenvalue weighted by Crippen LogP contribution is 2.46. The van der Waals surface area contributed by atoms with Crippen LogP contribution in [0.5, 0.6) is 11.5 Å². The van der Waals surface area contributed by atoms with Crippen molar-refractivity contribution in [2.24, 2.45) is 0 Å². The molecule has 1 fully saturated rings. The van der Waals surface area contributed by atoms with Gasteiger partial charge in [-0.1, -0.05) is 12.1 Å². The lowest BCUT2D eigenvalue weighted by atomic mass is 9.90. The maximum atomic E-state index is 13.1. The Labute approximate surface area is 181 Å². The van der Waals surface area contributed by atoms with Crippen LogP contribution in [0.4, 0.5) is 13.2 Å². The summed E-state index contributed by atoms with van der Waals surface area (Å²) in [6.07, 6.45) is -3.79. The van der Waals surface area contributed by atoms with Crippen LogP contribution in [0.15, 0.2) is 42.5 Å². The third-order valence-corrected chi connectivity index (χ3v) is 6.10. The number of alkyl halides is 3. The number of hydrogen-bond donors (Lipinski definition) is 1. The van der Waals surface area contributed by atoms with Gasteiger partial charge in [-0.15, -0.1) is 13.2 Å². The smallest absolute Gasteiger partial charge is 0.497 e. The summed E-state index contributed by atoms with van der Waals surface area (Å²) < 4.78 is 51.7. The standard InChI is InChI=1S/C23H21F3N2O4/c1-30-16-6-7-18-17(10-16)19-14-8-9-28(11-14)21(20(19)27-18)22(29)31-12-13-2-4-15(5-3-13)32-23(24,25)26/h2-7,10,14,21,27H,8-9,11-12H2,1H3. The molecule has 0 aliphatic carbocycles. The number of halogens is 3. The van der Waals surface area contributed by atoms with Gasteiger partial charge in [0.15, 0.2) is 0 Å². The second-order valence-electron chi connectivity index (χ2n) is 8.05. The molecule has 3 heterocycles. The summed E-state index contributed by atoms with van der Waals surface area (Å²) >= 11 is 0. The van der Waals surface area contributed by atoms with Crippen LogP contribution >= 0.6 is 0 Å². The minimum absolute atomic E-state index is 0.0394. The van der Waals surface area contributed by atoms with Gasteiger partial charge in [-0.2, -0.15) is 0 Å². The normalized spacial score (nSPS) is 21.9. The zero-order chi connectivity index (χ0) is 22.5. The zero-order valence-corrected chi connectivity index (χ0v) is 17.2. The molecule has 32 heavy (non-hydrogen) atoms. The molecule has 2 aromatic carbocycles. The van der Waals surface area contributed by atoms with E-state index in [9.17, 15) is 18.0 Å². The van der Waals surface area contributed by atoms with Crippen LogP contribution in [0.25, 0.3) is 10.9 Å². The molecule has 2 bridgehead atoms. The Bertz CT molecular complexity index is 1160. The van der Waals surface area contributed by atoms with Crippen molar-refractivity contribution in [1.29, 1.82) is 0 Å². The van der Waals surface area contributed by atoms with Gasteiger partial charge in [-0.05, 0) is 54.4 Å². The van der Waals surface area contributed by atoms with E-state index in [1.165, 1.54) is 24.3 Å². The van der Waals surface area contributed by atoms with E-state index in [2.05, 4.69) is 14.6 Å². The van der Waals surface area contributed by atoms with Crippen molar-refractivity contribution in [3.05, 3.63) is 59.3 Å². The van der Waals surface area contributed by atoms with Crippen molar-refractivity contribution in [2.45, 2.75) is 31.3 Å². The summed E-state index contributed by atoms with van der Waals surface area (Å²) in [7, 11) is 1.62. The number of fused-ring (bicyclic) bond motifs is 6. The third kappa shape index (κ3) is 3.77. The van der Waals surface area contributed by atoms with E-state index in [1.54, 1.807) is 7.11 Å². The van der Waals surface area contributed by atoms with E-state index < -0.39 is 12.4 Å². The Kier molecular flexibility index (Phi) is 5.00. The van der Waals surface area contributed by atoms with Gasteiger partial charge in [0.1, 0.15) is 24.1 Å². The molecule has 1 N–H and O–H groups in total. The Morgan fingerprint density at radius 1 is 1.16 bits per heavy atom. The molecule has 0 radical (unpaired) electrons. The molecule has 3 atom stereocenters. The average Bonchev–Trinajstić information content (AvgIpc) is 3.34. The second-order valence-corrected chi connectivity index (χ2v) is 8.05. The number of benzene rings is 2. The molecule has 6 nitrogen and oxygen atoms in total. The topological polar surface area (TPSA) is 63.8 Å². The van der Waals surface area contributed by atoms with E-state index in [0.717, 1.165) is 47.4 Å². The Hall–Kier alpha value is -3.20. The number of aromatic nitrogens is 1. The number of nitrogens with zero attached hydrogens (tertiary/aromatic N) is 1. The maximum absolute atomic E-state index is 13.1. The van der Waals surface area contributed by atoms with Crippen LogP contribution in [0.2, 0.25) is 0 Å². The van der Waals surface area contributed by atoms with Gasteiger partial charge in [0.2, 0.25) is 0 Å². The number of carbonyl (C=O) groups excluding carboxylic acids is 1. The van der Waals surface area contributed by atoms with Gasteiger partial charge >= 0.3 is 12.3 Å². The third-order valence-electron chi connectivity index (χ3n) is 6.10. The van der Waals surface area contributed by atoms with Crippen molar-refractivity contribution in [1.82, 2.24) is 9.88 Å². The summed E-state index contributed by atoms with van der Waals surface area (Å²) in [5.74, 6) is 0.398. The average molecular weight is 446 g/mol. The Balaban J connectivity index is 1.36. The molecule has 3 unspecified atom stereocenters. The van der Waals surface area contributed by atoms with Crippen molar-refractivity contribution in [3.8, 4) is 11.5 Å². The molecule has 1 saturated heterocycles. The van der Waals surface area contributed by atoms with E-state index in [4.69, 9.17) is 9.47 Å². The highest BCUT2D eigenvalue weighted by atomic mass is 19.4. The highest BCUT2D eigenvalue weighted by molar-refractivity contribution is 5.90. The largest absolute Gasteiger partial charge is 0.573 e. The number of rotatable bonds is 5. The van der Waals surface area contributed by atoms with Crippen LogP contribution in [0.1, 0.15) is 35.2 Å². The van der Waals surface area contributed by atoms with Gasteiger partial charge in [-0.3, -0.25) is 4.90 Å². The first-order valence-electron chi connectivity index (χ1n) is 10.3. The summed E-state index contributed by atoms with van der Waals surface area (Å²) in [6, 6.07) is 10.6. The predicted molar refractivity (Wildman–Crippen MR) is 109 cm³/mol. The molecule has 5 rings (SSSR count). The lowest BCUT2D eigenvalue weighted by molar-refractivity contribution is -0.274. The maximum Gasteiger partial charge on any atom is 0.573 e. The van der Waals surface area contributed by atoms with E-state index in [0.29, 0.717) is 11.5 Å². The number of carbonyl (C=O) groups is 1. The zero-order valence-electron chi connectivity index (χ0n) is 17.2. The number of H-pyrrole nitrogens is 1. The molecule has 2 aliphatic rings. The second kappa shape index (κ2) is 7.74. The molecule has 2 aliphatic heterocycles. The van der Waals surface area contributed by atoms with Gasteiger partial charge < -0.3 is 19.2 Å². The summed E-state index contributed by atoms with van der Waals surface area (Å²) in [5.41, 5.74) is 3.51. The van der Waals surface area contributed by atoms with E-state index in [1.807, 2.05) is 18.2 Å². The molecular formula is C23H21F3N2O4. The Morgan fingerprint density at radius 2 is 1.91 bits per heavy atom. The molecule has 3 aromatic rings. The van der Waals surface area contributed by atoms with Crippen molar-refractivity contribution >= 4 is 16.9 Å². The SMILES string of the molecule is COc1ccc2[nH]c3c(c2c1)C1CCN(C1)C3C(=O)OCc1ccc(OC(F)(F)F)cc1. The molecule has 1 aromatic heterocycles. The molecule has 0 spiro atoms. The number of hydrogen-bond acceptors (Lipinski definition) is 5. The number of esters is 1. The first-order valence-corrected chi connectivity index (χ1v) is 10.3. The fourth-order valence-corrected chi connectivity index (χ4v) is 4.72. The van der Waals surface area contributed by atoms with Crippen molar-refractivity contribution in [3.63, 3.8) is 0 Å². The summed E-state index contributed by atoms with van der Waals surface area (Å²) in [5, 5.41) is 1.06. The number of ether oxygens (including phenoxy) is 3. The lowest BCUT2D eigenvalue weighted by Gasteiger charge is -2.30. The summed E-state index contributed by atoms with van der Waals surface area (Å²) in [6.45, 7) is 1.53. The lowest BCUT2D eigenvalue weighted by Crippen LogP contribution is -2.37. The fourth-order valence-electron chi connectivity index (χ4n) is 4.72. The highest BCUT2D eigenvalue weighted by Gasteiger charge is 2.44. The molecule has 168 valence electrons. The monoisotopic (exact) mass is 446 g/mol. The van der Waals surface area contributed by atoms with E-state index >= 15 is 0 Å².